The number of hydrogen-bond donors (Lipinski definition) is 2. The van der Waals surface area contributed by atoms with Crippen molar-refractivity contribution in [3.8, 4) is 0 Å². The summed E-state index contributed by atoms with van der Waals surface area (Å²) in [6.45, 7) is 4.12. The summed E-state index contributed by atoms with van der Waals surface area (Å²) in [5.41, 5.74) is 0.220. The summed E-state index contributed by atoms with van der Waals surface area (Å²) in [6.07, 6.45) is 0.291. The van der Waals surface area contributed by atoms with E-state index in [0.717, 1.165) is 11.4 Å². The fourth-order valence-electron chi connectivity index (χ4n) is 2.44. The maximum atomic E-state index is 13.9. The number of aromatic nitrogens is 2. The Balaban J connectivity index is 2.05. The molecule has 8 heteroatoms. The van der Waals surface area contributed by atoms with Gasteiger partial charge in [0, 0.05) is 18.8 Å². The molecule has 0 bridgehead atoms. The highest BCUT2D eigenvalue weighted by molar-refractivity contribution is 7.15. The van der Waals surface area contributed by atoms with E-state index in [2.05, 4.69) is 29.4 Å². The van der Waals surface area contributed by atoms with E-state index in [-0.39, 0.29) is 18.4 Å². The molecule has 2 aromatic rings. The number of carboxylic acid groups (broad SMARTS) is 1. The predicted octanol–water partition coefficient (Wildman–Crippen LogP) is 3.46. The van der Waals surface area contributed by atoms with Crippen molar-refractivity contribution >= 4 is 28.3 Å². The van der Waals surface area contributed by atoms with Crippen LogP contribution in [0, 0.1) is 11.7 Å². The molecule has 1 atom stereocenters. The molecule has 0 saturated carbocycles. The van der Waals surface area contributed by atoms with Gasteiger partial charge in [0.25, 0.3) is 0 Å². The first-order valence-corrected chi connectivity index (χ1v) is 8.75. The molecule has 1 heterocycles. The molecular formula is C17H20FN3O3S. The number of halogens is 1. The number of aliphatic carboxylic acids is 1. The molecule has 0 aliphatic heterocycles. The number of amides is 1. The third-order valence-corrected chi connectivity index (χ3v) is 4.35. The van der Waals surface area contributed by atoms with Crippen LogP contribution in [-0.2, 0) is 16.0 Å². The highest BCUT2D eigenvalue weighted by Gasteiger charge is 2.22. The van der Waals surface area contributed by atoms with Gasteiger partial charge in [-0.3, -0.25) is 9.59 Å². The van der Waals surface area contributed by atoms with Crippen molar-refractivity contribution in [1.29, 1.82) is 0 Å². The zero-order chi connectivity index (χ0) is 18.4. The second kappa shape index (κ2) is 8.66. The Morgan fingerprint density at radius 1 is 1.24 bits per heavy atom. The van der Waals surface area contributed by atoms with Crippen molar-refractivity contribution < 1.29 is 19.1 Å². The number of carbonyl (C=O) groups is 2. The molecule has 0 saturated heterocycles. The first-order chi connectivity index (χ1) is 11.8. The largest absolute Gasteiger partial charge is 0.481 e. The Hall–Kier alpha value is -2.35. The molecule has 1 aromatic carbocycles. The van der Waals surface area contributed by atoms with Gasteiger partial charge in [0.2, 0.25) is 11.0 Å². The standard InChI is InChI=1S/C17H20FN3O3S/c1-10(2)7-15-20-21-17(25-15)19-14(22)8-11(9-16(23)24)12-5-3-4-6-13(12)18/h3-6,10-11H,7-9H2,1-2H3,(H,23,24)(H,19,21,22). The lowest BCUT2D eigenvalue weighted by atomic mass is 9.92. The number of benzene rings is 1. The minimum Gasteiger partial charge on any atom is -0.481 e. The van der Waals surface area contributed by atoms with E-state index in [1.165, 1.54) is 29.5 Å². The molecule has 0 spiro atoms. The number of hydrogen-bond acceptors (Lipinski definition) is 5. The second-order valence-electron chi connectivity index (χ2n) is 6.17. The van der Waals surface area contributed by atoms with E-state index in [9.17, 15) is 14.0 Å². The highest BCUT2D eigenvalue weighted by atomic mass is 32.1. The summed E-state index contributed by atoms with van der Waals surface area (Å²) in [5, 5.41) is 20.8. The summed E-state index contributed by atoms with van der Waals surface area (Å²) in [6, 6.07) is 5.90. The summed E-state index contributed by atoms with van der Waals surface area (Å²) in [4.78, 5) is 23.3. The number of anilines is 1. The van der Waals surface area contributed by atoms with Gasteiger partial charge < -0.3 is 10.4 Å². The van der Waals surface area contributed by atoms with Crippen molar-refractivity contribution in [1.82, 2.24) is 10.2 Å². The van der Waals surface area contributed by atoms with Crippen LogP contribution in [0.1, 0.15) is 43.2 Å². The lowest BCUT2D eigenvalue weighted by molar-refractivity contribution is -0.137. The van der Waals surface area contributed by atoms with Crippen LogP contribution in [-0.4, -0.2) is 27.2 Å². The summed E-state index contributed by atoms with van der Waals surface area (Å²) in [7, 11) is 0. The van der Waals surface area contributed by atoms with E-state index in [4.69, 9.17) is 5.11 Å². The fraction of sp³-hybridized carbons (Fsp3) is 0.412. The van der Waals surface area contributed by atoms with E-state index >= 15 is 0 Å². The molecular weight excluding hydrogens is 345 g/mol. The van der Waals surface area contributed by atoms with E-state index in [1.807, 2.05) is 0 Å². The Bertz CT molecular complexity index is 748. The van der Waals surface area contributed by atoms with Crippen LogP contribution >= 0.6 is 11.3 Å². The number of nitrogens with one attached hydrogen (secondary N) is 1. The lowest BCUT2D eigenvalue weighted by Gasteiger charge is -2.15. The normalized spacial score (nSPS) is 12.2. The van der Waals surface area contributed by atoms with Gasteiger partial charge in [-0.15, -0.1) is 10.2 Å². The van der Waals surface area contributed by atoms with Crippen LogP contribution in [0.4, 0.5) is 9.52 Å². The van der Waals surface area contributed by atoms with Crippen molar-refractivity contribution in [2.45, 2.75) is 39.0 Å². The van der Waals surface area contributed by atoms with Crippen LogP contribution in [0.25, 0.3) is 0 Å². The molecule has 0 aliphatic carbocycles. The minimum absolute atomic E-state index is 0.147. The number of rotatable bonds is 8. The van der Waals surface area contributed by atoms with Gasteiger partial charge >= 0.3 is 5.97 Å². The lowest BCUT2D eigenvalue weighted by Crippen LogP contribution is -2.18. The molecule has 0 radical (unpaired) electrons. The van der Waals surface area contributed by atoms with E-state index in [1.54, 1.807) is 6.07 Å². The van der Waals surface area contributed by atoms with Gasteiger partial charge in [0.1, 0.15) is 10.8 Å². The molecule has 2 rings (SSSR count). The highest BCUT2D eigenvalue weighted by Crippen LogP contribution is 2.27. The average molecular weight is 365 g/mol. The van der Waals surface area contributed by atoms with Gasteiger partial charge in [0.05, 0.1) is 6.42 Å². The zero-order valence-electron chi connectivity index (χ0n) is 14.0. The van der Waals surface area contributed by atoms with Gasteiger partial charge in [-0.1, -0.05) is 43.4 Å². The molecule has 2 N–H and O–H groups in total. The number of nitrogens with zero attached hydrogens (tertiary/aromatic N) is 2. The molecule has 6 nitrogen and oxygen atoms in total. The molecule has 1 unspecified atom stereocenters. The summed E-state index contributed by atoms with van der Waals surface area (Å²) in [5.74, 6) is -2.34. The van der Waals surface area contributed by atoms with Crippen LogP contribution in [0.2, 0.25) is 0 Å². The smallest absolute Gasteiger partial charge is 0.303 e. The summed E-state index contributed by atoms with van der Waals surface area (Å²) < 4.78 is 13.9. The third kappa shape index (κ3) is 5.90. The monoisotopic (exact) mass is 365 g/mol. The molecule has 25 heavy (non-hydrogen) atoms. The first-order valence-electron chi connectivity index (χ1n) is 7.93. The Labute approximate surface area is 149 Å². The van der Waals surface area contributed by atoms with Crippen LogP contribution in [0.5, 0.6) is 0 Å². The molecule has 1 aromatic heterocycles. The van der Waals surface area contributed by atoms with Crippen LogP contribution < -0.4 is 5.32 Å². The maximum Gasteiger partial charge on any atom is 0.303 e. The maximum absolute atomic E-state index is 13.9. The Kier molecular flexibility index (Phi) is 6.58. The SMILES string of the molecule is CC(C)Cc1nnc(NC(=O)CC(CC(=O)O)c2ccccc2F)s1. The quantitative estimate of drug-likeness (QED) is 0.747. The Morgan fingerprint density at radius 3 is 2.60 bits per heavy atom. The molecule has 1 amide bonds. The first kappa shape index (κ1) is 19.0. The molecule has 134 valence electrons. The van der Waals surface area contributed by atoms with Gasteiger partial charge in [-0.05, 0) is 17.5 Å². The molecule has 0 fully saturated rings. The summed E-state index contributed by atoms with van der Waals surface area (Å²) >= 11 is 1.28. The van der Waals surface area contributed by atoms with Crippen LogP contribution in [0.15, 0.2) is 24.3 Å². The van der Waals surface area contributed by atoms with Gasteiger partial charge in [-0.25, -0.2) is 4.39 Å². The van der Waals surface area contributed by atoms with Gasteiger partial charge in [0.15, 0.2) is 0 Å². The third-order valence-electron chi connectivity index (χ3n) is 3.49. The number of carboxylic acids is 1. The van der Waals surface area contributed by atoms with Crippen molar-refractivity contribution in [2.75, 3.05) is 5.32 Å². The van der Waals surface area contributed by atoms with Crippen LogP contribution in [0.3, 0.4) is 0 Å². The topological polar surface area (TPSA) is 92.2 Å². The second-order valence-corrected chi connectivity index (χ2v) is 7.23. The van der Waals surface area contributed by atoms with E-state index < -0.39 is 23.6 Å². The minimum atomic E-state index is -1.09. The predicted molar refractivity (Wildman–Crippen MR) is 93.1 cm³/mol. The zero-order valence-corrected chi connectivity index (χ0v) is 14.8. The van der Waals surface area contributed by atoms with Crippen molar-refractivity contribution in [3.63, 3.8) is 0 Å². The van der Waals surface area contributed by atoms with Gasteiger partial charge in [-0.2, -0.15) is 0 Å². The number of carbonyl (C=O) groups excluding carboxylic acids is 1. The molecule has 0 aliphatic rings. The Morgan fingerprint density at radius 2 is 1.96 bits per heavy atom. The average Bonchev–Trinajstić information content (AvgIpc) is 2.92. The van der Waals surface area contributed by atoms with E-state index in [0.29, 0.717) is 11.0 Å². The van der Waals surface area contributed by atoms with Crippen molar-refractivity contribution in [3.05, 3.63) is 40.7 Å². The van der Waals surface area contributed by atoms with Crippen molar-refractivity contribution in [2.24, 2.45) is 5.92 Å². The fourth-order valence-corrected chi connectivity index (χ4v) is 3.41.